The standard InChI is InChI=1S/C12H17N3O3S/c1-3-18-11(16)10-9(2)14-12(19-10)13-8-15-4-6-17-7-5-15/h8H,3-7H2,1-2H3. The molecule has 0 aliphatic carbocycles. The van der Waals surface area contributed by atoms with Crippen molar-refractivity contribution in [1.29, 1.82) is 0 Å². The van der Waals surface area contributed by atoms with E-state index in [4.69, 9.17) is 9.47 Å². The first-order valence-electron chi connectivity index (χ1n) is 6.21. The highest BCUT2D eigenvalue weighted by Crippen LogP contribution is 2.25. The number of ether oxygens (including phenoxy) is 2. The molecule has 0 N–H and O–H groups in total. The van der Waals surface area contributed by atoms with Crippen LogP contribution in [0.4, 0.5) is 5.13 Å². The van der Waals surface area contributed by atoms with E-state index < -0.39 is 0 Å². The number of aryl methyl sites for hydroxylation is 1. The fourth-order valence-electron chi connectivity index (χ4n) is 1.65. The Bertz CT molecular complexity index is 467. The number of aromatic nitrogens is 1. The second kappa shape index (κ2) is 6.63. The van der Waals surface area contributed by atoms with E-state index >= 15 is 0 Å². The lowest BCUT2D eigenvalue weighted by Crippen LogP contribution is -2.34. The Labute approximate surface area is 116 Å². The average molecular weight is 283 g/mol. The number of rotatable bonds is 4. The normalized spacial score (nSPS) is 16.0. The zero-order chi connectivity index (χ0) is 13.7. The van der Waals surface area contributed by atoms with Crippen LogP contribution in [0, 0.1) is 6.92 Å². The van der Waals surface area contributed by atoms with Gasteiger partial charge in [-0.2, -0.15) is 0 Å². The number of morpholine rings is 1. The Hall–Kier alpha value is -1.47. The van der Waals surface area contributed by atoms with Crippen LogP contribution in [0.25, 0.3) is 0 Å². The van der Waals surface area contributed by atoms with Crippen molar-refractivity contribution in [3.63, 3.8) is 0 Å². The molecule has 0 amide bonds. The molecular formula is C12H17N3O3S. The maximum atomic E-state index is 11.7. The van der Waals surface area contributed by atoms with Gasteiger partial charge in [-0.15, -0.1) is 0 Å². The van der Waals surface area contributed by atoms with Crippen molar-refractivity contribution in [3.8, 4) is 0 Å². The van der Waals surface area contributed by atoms with Crippen molar-refractivity contribution < 1.29 is 14.3 Å². The minimum atomic E-state index is -0.328. The van der Waals surface area contributed by atoms with Gasteiger partial charge in [-0.3, -0.25) is 0 Å². The summed E-state index contributed by atoms with van der Waals surface area (Å²) in [5.41, 5.74) is 0.664. The molecule has 0 radical (unpaired) electrons. The Morgan fingerprint density at radius 1 is 1.58 bits per heavy atom. The highest BCUT2D eigenvalue weighted by atomic mass is 32.1. The molecule has 1 aliphatic rings. The molecule has 1 aromatic rings. The number of esters is 1. The van der Waals surface area contributed by atoms with Crippen molar-refractivity contribution in [2.45, 2.75) is 13.8 Å². The zero-order valence-corrected chi connectivity index (χ0v) is 11.9. The summed E-state index contributed by atoms with van der Waals surface area (Å²) in [5, 5.41) is 0.576. The van der Waals surface area contributed by atoms with Gasteiger partial charge in [-0.05, 0) is 13.8 Å². The third-order valence-corrected chi connectivity index (χ3v) is 3.67. The molecule has 19 heavy (non-hydrogen) atoms. The molecule has 0 saturated carbocycles. The van der Waals surface area contributed by atoms with E-state index in [1.54, 1.807) is 20.2 Å². The van der Waals surface area contributed by atoms with Crippen LogP contribution in [0.5, 0.6) is 0 Å². The van der Waals surface area contributed by atoms with E-state index in [-0.39, 0.29) is 5.97 Å². The highest BCUT2D eigenvalue weighted by molar-refractivity contribution is 7.17. The van der Waals surface area contributed by atoms with Crippen molar-refractivity contribution in [2.24, 2.45) is 4.99 Å². The van der Waals surface area contributed by atoms with Crippen LogP contribution in [0.1, 0.15) is 22.3 Å². The van der Waals surface area contributed by atoms with Crippen molar-refractivity contribution in [2.75, 3.05) is 32.9 Å². The first kappa shape index (κ1) is 14.0. The molecule has 104 valence electrons. The van der Waals surface area contributed by atoms with Crippen LogP contribution in [0.3, 0.4) is 0 Å². The minimum Gasteiger partial charge on any atom is -0.462 e. The second-order valence-electron chi connectivity index (χ2n) is 4.02. The molecule has 0 bridgehead atoms. The molecule has 1 aliphatic heterocycles. The summed E-state index contributed by atoms with van der Waals surface area (Å²) in [5.74, 6) is -0.328. The largest absolute Gasteiger partial charge is 0.462 e. The number of thiazole rings is 1. The number of carbonyl (C=O) groups is 1. The van der Waals surface area contributed by atoms with Crippen LogP contribution in [-0.2, 0) is 9.47 Å². The van der Waals surface area contributed by atoms with Crippen LogP contribution in [-0.4, -0.2) is 55.1 Å². The SMILES string of the molecule is CCOC(=O)c1sc(N=CN2CCOCC2)nc1C. The van der Waals surface area contributed by atoms with Gasteiger partial charge in [0.05, 0.1) is 31.9 Å². The molecular weight excluding hydrogens is 266 g/mol. The van der Waals surface area contributed by atoms with Gasteiger partial charge in [-0.1, -0.05) is 11.3 Å². The number of carbonyl (C=O) groups excluding carboxylic acids is 1. The third-order valence-electron chi connectivity index (χ3n) is 2.62. The predicted molar refractivity (Wildman–Crippen MR) is 73.4 cm³/mol. The minimum absolute atomic E-state index is 0.328. The molecule has 2 heterocycles. The number of hydrogen-bond acceptors (Lipinski definition) is 6. The summed E-state index contributed by atoms with van der Waals surface area (Å²) >= 11 is 1.25. The number of nitrogens with zero attached hydrogens (tertiary/aromatic N) is 3. The van der Waals surface area contributed by atoms with Gasteiger partial charge in [0.1, 0.15) is 4.88 Å². The summed E-state index contributed by atoms with van der Waals surface area (Å²) < 4.78 is 10.2. The third kappa shape index (κ3) is 3.74. The molecule has 7 heteroatoms. The quantitative estimate of drug-likeness (QED) is 0.477. The molecule has 1 aromatic heterocycles. The van der Waals surface area contributed by atoms with Gasteiger partial charge < -0.3 is 14.4 Å². The number of hydrogen-bond donors (Lipinski definition) is 0. The summed E-state index contributed by atoms with van der Waals surface area (Å²) in [6, 6.07) is 0. The monoisotopic (exact) mass is 283 g/mol. The van der Waals surface area contributed by atoms with E-state index in [9.17, 15) is 4.79 Å². The van der Waals surface area contributed by atoms with Crippen LogP contribution in [0.15, 0.2) is 4.99 Å². The summed E-state index contributed by atoms with van der Waals surface area (Å²) in [4.78, 5) is 22.8. The maximum Gasteiger partial charge on any atom is 0.350 e. The first-order chi connectivity index (χ1) is 9.20. The Morgan fingerprint density at radius 2 is 2.32 bits per heavy atom. The topological polar surface area (TPSA) is 64.0 Å². The van der Waals surface area contributed by atoms with Crippen molar-refractivity contribution in [1.82, 2.24) is 9.88 Å². The zero-order valence-electron chi connectivity index (χ0n) is 11.1. The molecule has 1 fully saturated rings. The fourth-order valence-corrected chi connectivity index (χ4v) is 2.45. The molecule has 1 saturated heterocycles. The Balaban J connectivity index is 2.02. The first-order valence-corrected chi connectivity index (χ1v) is 7.03. The van der Waals surface area contributed by atoms with Crippen LogP contribution in [0.2, 0.25) is 0 Å². The molecule has 6 nitrogen and oxygen atoms in total. The maximum absolute atomic E-state index is 11.7. The van der Waals surface area contributed by atoms with Gasteiger partial charge in [-0.25, -0.2) is 14.8 Å². The Morgan fingerprint density at radius 3 is 3.00 bits per heavy atom. The fraction of sp³-hybridized carbons (Fsp3) is 0.583. The van der Waals surface area contributed by atoms with Gasteiger partial charge >= 0.3 is 5.97 Å². The predicted octanol–water partition coefficient (Wildman–Crippen LogP) is 1.62. The molecule has 0 spiro atoms. The molecule has 0 aromatic carbocycles. The average Bonchev–Trinajstić information content (AvgIpc) is 2.79. The molecule has 0 unspecified atom stereocenters. The van der Waals surface area contributed by atoms with Crippen molar-refractivity contribution in [3.05, 3.63) is 10.6 Å². The smallest absolute Gasteiger partial charge is 0.350 e. The van der Waals surface area contributed by atoms with E-state index in [0.29, 0.717) is 22.3 Å². The van der Waals surface area contributed by atoms with E-state index in [1.807, 2.05) is 0 Å². The van der Waals surface area contributed by atoms with Gasteiger partial charge in [0.15, 0.2) is 0 Å². The van der Waals surface area contributed by atoms with E-state index in [1.165, 1.54) is 11.3 Å². The van der Waals surface area contributed by atoms with E-state index in [2.05, 4.69) is 14.9 Å². The molecule has 2 rings (SSSR count). The number of aliphatic imine (C=N–C) groups is 1. The van der Waals surface area contributed by atoms with E-state index in [0.717, 1.165) is 26.3 Å². The van der Waals surface area contributed by atoms with Crippen molar-refractivity contribution >= 4 is 28.8 Å². The lowest BCUT2D eigenvalue weighted by atomic mass is 10.4. The summed E-state index contributed by atoms with van der Waals surface area (Å²) in [6.07, 6.45) is 1.76. The molecule has 0 atom stereocenters. The van der Waals surface area contributed by atoms with Gasteiger partial charge in [0.25, 0.3) is 0 Å². The van der Waals surface area contributed by atoms with Crippen LogP contribution >= 0.6 is 11.3 Å². The lowest BCUT2D eigenvalue weighted by molar-refractivity contribution is 0.0531. The lowest BCUT2D eigenvalue weighted by Gasteiger charge is -2.23. The van der Waals surface area contributed by atoms with Gasteiger partial charge in [0, 0.05) is 13.1 Å². The highest BCUT2D eigenvalue weighted by Gasteiger charge is 2.16. The summed E-state index contributed by atoms with van der Waals surface area (Å²) in [6.45, 7) is 7.04. The Kier molecular flexibility index (Phi) is 4.86. The summed E-state index contributed by atoms with van der Waals surface area (Å²) in [7, 11) is 0. The second-order valence-corrected chi connectivity index (χ2v) is 5.00. The van der Waals surface area contributed by atoms with Crippen LogP contribution < -0.4 is 0 Å². The van der Waals surface area contributed by atoms with Gasteiger partial charge in [0.2, 0.25) is 5.13 Å².